The van der Waals surface area contributed by atoms with Gasteiger partial charge in [-0.15, -0.1) is 11.3 Å². The molecule has 3 rings (SSSR count). The van der Waals surface area contributed by atoms with Crippen molar-refractivity contribution in [2.75, 3.05) is 0 Å². The number of aryl methyl sites for hydroxylation is 2. The zero-order valence-electron chi connectivity index (χ0n) is 8.10. The molecule has 2 aromatic heterocycles. The van der Waals surface area contributed by atoms with E-state index in [0.717, 1.165) is 29.7 Å². The molecule has 0 amide bonds. The third kappa shape index (κ3) is 1.44. The molecule has 0 bridgehead atoms. The largest absolute Gasteiger partial charge is 0.279 e. The Hall–Kier alpha value is -0.720. The number of hydrogen-bond donors (Lipinski definition) is 0. The second-order valence-corrected chi connectivity index (χ2v) is 7.22. The molecule has 0 unspecified atom stereocenters. The average molecular weight is 275 g/mol. The van der Waals surface area contributed by atoms with Crippen molar-refractivity contribution < 1.29 is 8.42 Å². The van der Waals surface area contributed by atoms with Crippen molar-refractivity contribution in [3.05, 3.63) is 16.8 Å². The van der Waals surface area contributed by atoms with Crippen molar-refractivity contribution >= 4 is 41.3 Å². The van der Waals surface area contributed by atoms with Gasteiger partial charge in [-0.3, -0.25) is 0 Å². The molecule has 16 heavy (non-hydrogen) atoms. The summed E-state index contributed by atoms with van der Waals surface area (Å²) in [5, 5.41) is 0.591. The smallest absolute Gasteiger partial charge is 0.225 e. The highest BCUT2D eigenvalue weighted by atomic mass is 35.7. The van der Waals surface area contributed by atoms with E-state index in [4.69, 9.17) is 10.7 Å². The number of halogens is 1. The van der Waals surface area contributed by atoms with Crippen LogP contribution < -0.4 is 0 Å². The van der Waals surface area contributed by atoms with E-state index in [1.807, 2.05) is 0 Å². The highest BCUT2D eigenvalue weighted by Gasteiger charge is 2.25. The normalized spacial score (nSPS) is 15.6. The molecule has 2 aromatic rings. The predicted octanol–water partition coefficient (Wildman–Crippen LogP) is 2.11. The van der Waals surface area contributed by atoms with Gasteiger partial charge in [0, 0.05) is 15.6 Å². The third-order valence-electron chi connectivity index (χ3n) is 2.70. The van der Waals surface area contributed by atoms with E-state index in [9.17, 15) is 8.42 Å². The first-order chi connectivity index (χ1) is 7.57. The molecular formula is C9H7ClN2O2S2. The van der Waals surface area contributed by atoms with Crippen LogP contribution in [0.4, 0.5) is 0 Å². The minimum atomic E-state index is -3.79. The van der Waals surface area contributed by atoms with Gasteiger partial charge in [0.1, 0.15) is 11.2 Å². The van der Waals surface area contributed by atoms with E-state index in [1.54, 1.807) is 11.3 Å². The number of fused-ring (bicyclic) bond motifs is 3. The molecule has 0 saturated carbocycles. The quantitative estimate of drug-likeness (QED) is 0.590. The lowest BCUT2D eigenvalue weighted by molar-refractivity contribution is 0.607. The van der Waals surface area contributed by atoms with Crippen LogP contribution in [0.5, 0.6) is 0 Å². The number of nitrogens with zero attached hydrogens (tertiary/aromatic N) is 2. The SMILES string of the molecule is O=S(=O)(Cl)c1ncnc2sc3c(c12)CCC3. The Morgan fingerprint density at radius 3 is 2.88 bits per heavy atom. The summed E-state index contributed by atoms with van der Waals surface area (Å²) < 4.78 is 22.8. The van der Waals surface area contributed by atoms with Crippen LogP contribution in [0.1, 0.15) is 16.9 Å². The van der Waals surface area contributed by atoms with Gasteiger partial charge < -0.3 is 0 Å². The molecule has 1 aliphatic rings. The number of thiophene rings is 1. The van der Waals surface area contributed by atoms with Crippen LogP contribution in [0.2, 0.25) is 0 Å². The molecule has 0 spiro atoms. The van der Waals surface area contributed by atoms with Crippen molar-refractivity contribution in [3.63, 3.8) is 0 Å². The van der Waals surface area contributed by atoms with Crippen molar-refractivity contribution in [1.29, 1.82) is 0 Å². The average Bonchev–Trinajstić information content (AvgIpc) is 2.73. The summed E-state index contributed by atoms with van der Waals surface area (Å²) in [7, 11) is 1.59. The first kappa shape index (κ1) is 10.4. The Bertz CT molecular complexity index is 678. The summed E-state index contributed by atoms with van der Waals surface area (Å²) in [6.45, 7) is 0. The van der Waals surface area contributed by atoms with Crippen molar-refractivity contribution in [1.82, 2.24) is 9.97 Å². The summed E-state index contributed by atoms with van der Waals surface area (Å²) in [4.78, 5) is 9.85. The minimum Gasteiger partial charge on any atom is -0.225 e. The minimum absolute atomic E-state index is 0.0430. The van der Waals surface area contributed by atoms with Crippen LogP contribution in [0, 0.1) is 0 Å². The number of aromatic nitrogens is 2. The van der Waals surface area contributed by atoms with E-state index in [1.165, 1.54) is 11.2 Å². The lowest BCUT2D eigenvalue weighted by Crippen LogP contribution is -1.97. The topological polar surface area (TPSA) is 59.9 Å². The van der Waals surface area contributed by atoms with Crippen molar-refractivity contribution in [2.45, 2.75) is 24.3 Å². The Labute approximate surface area is 101 Å². The second-order valence-electron chi connectivity index (χ2n) is 3.65. The van der Waals surface area contributed by atoms with E-state index >= 15 is 0 Å². The first-order valence-corrected chi connectivity index (χ1v) is 7.90. The zero-order chi connectivity index (χ0) is 11.3. The maximum atomic E-state index is 11.4. The van der Waals surface area contributed by atoms with Crippen molar-refractivity contribution in [3.8, 4) is 0 Å². The summed E-state index contributed by atoms with van der Waals surface area (Å²) in [5.41, 5.74) is 1.07. The third-order valence-corrected chi connectivity index (χ3v) is 5.11. The molecule has 0 atom stereocenters. The van der Waals surface area contributed by atoms with Gasteiger partial charge in [-0.25, -0.2) is 18.4 Å². The number of rotatable bonds is 1. The fourth-order valence-corrected chi connectivity index (χ4v) is 4.37. The van der Waals surface area contributed by atoms with Gasteiger partial charge in [0.25, 0.3) is 9.05 Å². The van der Waals surface area contributed by atoms with Crippen LogP contribution in [-0.4, -0.2) is 18.4 Å². The molecule has 0 radical (unpaired) electrons. The van der Waals surface area contributed by atoms with Gasteiger partial charge in [-0.2, -0.15) is 0 Å². The molecule has 0 N–H and O–H groups in total. The summed E-state index contributed by atoms with van der Waals surface area (Å²) in [5.74, 6) is 0. The molecular weight excluding hydrogens is 268 g/mol. The fraction of sp³-hybridized carbons (Fsp3) is 0.333. The molecule has 0 aliphatic heterocycles. The van der Waals surface area contributed by atoms with Crippen LogP contribution in [0.25, 0.3) is 10.2 Å². The predicted molar refractivity (Wildman–Crippen MR) is 62.5 cm³/mol. The molecule has 0 fully saturated rings. The first-order valence-electron chi connectivity index (χ1n) is 4.77. The Kier molecular flexibility index (Phi) is 2.21. The fourth-order valence-electron chi connectivity index (χ4n) is 2.08. The van der Waals surface area contributed by atoms with Gasteiger partial charge >= 0.3 is 0 Å². The van der Waals surface area contributed by atoms with Crippen LogP contribution in [0.3, 0.4) is 0 Å². The highest BCUT2D eigenvalue weighted by Crippen LogP contribution is 2.39. The zero-order valence-corrected chi connectivity index (χ0v) is 10.5. The molecule has 0 aromatic carbocycles. The molecule has 84 valence electrons. The molecule has 1 aliphatic carbocycles. The van der Waals surface area contributed by atoms with Gasteiger partial charge in [-0.05, 0) is 24.8 Å². The van der Waals surface area contributed by atoms with Crippen LogP contribution in [0.15, 0.2) is 11.4 Å². The Balaban J connectivity index is 2.46. The summed E-state index contributed by atoms with van der Waals surface area (Å²) >= 11 is 1.54. The molecule has 4 nitrogen and oxygen atoms in total. The number of hydrogen-bond acceptors (Lipinski definition) is 5. The highest BCUT2D eigenvalue weighted by molar-refractivity contribution is 8.13. The molecule has 2 heterocycles. The van der Waals surface area contributed by atoms with E-state index in [-0.39, 0.29) is 5.03 Å². The summed E-state index contributed by atoms with van der Waals surface area (Å²) in [6.07, 6.45) is 4.21. The van der Waals surface area contributed by atoms with Gasteiger partial charge in [-0.1, -0.05) is 0 Å². The van der Waals surface area contributed by atoms with Gasteiger partial charge in [0.15, 0.2) is 5.03 Å². The van der Waals surface area contributed by atoms with Gasteiger partial charge in [0.05, 0.1) is 5.39 Å². The lowest BCUT2D eigenvalue weighted by Gasteiger charge is -1.99. The Morgan fingerprint density at radius 1 is 1.31 bits per heavy atom. The van der Waals surface area contributed by atoms with E-state index in [0.29, 0.717) is 5.39 Å². The van der Waals surface area contributed by atoms with E-state index in [2.05, 4.69) is 9.97 Å². The standard InChI is InChI=1S/C9H7ClN2O2S2/c10-16(13,14)9-7-5-2-1-3-6(5)15-8(7)11-4-12-9/h4H,1-3H2. The van der Waals surface area contributed by atoms with E-state index < -0.39 is 9.05 Å². The second kappa shape index (κ2) is 3.38. The molecule has 7 heteroatoms. The monoisotopic (exact) mass is 274 g/mol. The lowest BCUT2D eigenvalue weighted by atomic mass is 10.2. The Morgan fingerprint density at radius 2 is 2.12 bits per heavy atom. The van der Waals surface area contributed by atoms with Crippen LogP contribution >= 0.6 is 22.0 Å². The van der Waals surface area contributed by atoms with Crippen LogP contribution in [-0.2, 0) is 21.9 Å². The summed E-state index contributed by atoms with van der Waals surface area (Å²) in [6, 6.07) is 0. The maximum absolute atomic E-state index is 11.4. The van der Waals surface area contributed by atoms with Gasteiger partial charge in [0.2, 0.25) is 0 Å². The van der Waals surface area contributed by atoms with Crippen molar-refractivity contribution in [2.24, 2.45) is 0 Å². The maximum Gasteiger partial charge on any atom is 0.279 e. The molecule has 0 saturated heterocycles.